The van der Waals surface area contributed by atoms with Gasteiger partial charge in [-0.15, -0.1) is 0 Å². The Bertz CT molecular complexity index is 612. The van der Waals surface area contributed by atoms with Crippen molar-refractivity contribution in [1.82, 2.24) is 0 Å². The Hall–Kier alpha value is -2.42. The van der Waals surface area contributed by atoms with E-state index >= 15 is 0 Å². The number of carboxylic acids is 1. The normalized spacial score (nSPS) is 10.2. The summed E-state index contributed by atoms with van der Waals surface area (Å²) in [6.45, 7) is 1.98. The average molecular weight is 254 g/mol. The van der Waals surface area contributed by atoms with Crippen molar-refractivity contribution in [2.75, 3.05) is 0 Å². The largest absolute Gasteiger partial charge is 0.478 e. The zero-order valence-corrected chi connectivity index (χ0v) is 10.6. The summed E-state index contributed by atoms with van der Waals surface area (Å²) in [6.07, 6.45) is 0.213. The number of aryl methyl sites for hydroxylation is 1. The molecule has 2 aromatic rings. The van der Waals surface area contributed by atoms with Gasteiger partial charge in [0.15, 0.2) is 5.78 Å². The fraction of sp³-hybridized carbons (Fsp3) is 0.125. The topological polar surface area (TPSA) is 54.4 Å². The van der Waals surface area contributed by atoms with Crippen LogP contribution in [0.4, 0.5) is 0 Å². The highest BCUT2D eigenvalue weighted by atomic mass is 16.4. The van der Waals surface area contributed by atoms with Crippen LogP contribution in [-0.4, -0.2) is 16.9 Å². The third kappa shape index (κ3) is 3.07. The number of carboxylic acid groups (broad SMARTS) is 1. The first kappa shape index (κ1) is 13.0. The Kier molecular flexibility index (Phi) is 3.76. The van der Waals surface area contributed by atoms with E-state index in [1.807, 2.05) is 31.2 Å². The molecule has 0 amide bonds. The second-order valence-electron chi connectivity index (χ2n) is 4.44. The summed E-state index contributed by atoms with van der Waals surface area (Å²) in [5.74, 6) is -1.25. The van der Waals surface area contributed by atoms with Gasteiger partial charge in [-0.1, -0.05) is 48.0 Å². The van der Waals surface area contributed by atoms with Crippen LogP contribution in [0.25, 0.3) is 0 Å². The van der Waals surface area contributed by atoms with Gasteiger partial charge in [-0.05, 0) is 18.6 Å². The van der Waals surface area contributed by atoms with E-state index in [0.29, 0.717) is 0 Å². The van der Waals surface area contributed by atoms with Gasteiger partial charge in [0.2, 0.25) is 0 Å². The van der Waals surface area contributed by atoms with Gasteiger partial charge >= 0.3 is 5.97 Å². The molecule has 0 unspecified atom stereocenters. The molecule has 0 saturated carbocycles. The van der Waals surface area contributed by atoms with E-state index in [2.05, 4.69) is 0 Å². The van der Waals surface area contributed by atoms with Crippen molar-refractivity contribution in [1.29, 1.82) is 0 Å². The van der Waals surface area contributed by atoms with Gasteiger partial charge in [-0.25, -0.2) is 4.79 Å². The first-order chi connectivity index (χ1) is 9.08. The van der Waals surface area contributed by atoms with Crippen molar-refractivity contribution >= 4 is 11.8 Å². The molecular formula is C16H14O3. The van der Waals surface area contributed by atoms with Crippen LogP contribution in [0, 0.1) is 6.92 Å². The van der Waals surface area contributed by atoms with E-state index in [-0.39, 0.29) is 23.3 Å². The van der Waals surface area contributed by atoms with E-state index < -0.39 is 5.97 Å². The van der Waals surface area contributed by atoms with Crippen molar-refractivity contribution in [3.8, 4) is 0 Å². The molecule has 0 fully saturated rings. The third-order valence-electron chi connectivity index (χ3n) is 2.94. The first-order valence-corrected chi connectivity index (χ1v) is 5.99. The summed E-state index contributed by atoms with van der Waals surface area (Å²) in [5.41, 5.74) is 2.33. The van der Waals surface area contributed by atoms with Gasteiger partial charge in [0.1, 0.15) is 0 Å². The molecule has 0 aromatic heterocycles. The summed E-state index contributed by atoms with van der Waals surface area (Å²) in [5, 5.41) is 9.06. The molecule has 0 heterocycles. The van der Waals surface area contributed by atoms with E-state index in [0.717, 1.165) is 11.1 Å². The van der Waals surface area contributed by atoms with E-state index in [1.54, 1.807) is 18.2 Å². The van der Waals surface area contributed by atoms with Crippen LogP contribution in [0.15, 0.2) is 48.5 Å². The maximum absolute atomic E-state index is 12.2. The number of aromatic carboxylic acids is 1. The molecule has 3 nitrogen and oxygen atoms in total. The minimum Gasteiger partial charge on any atom is -0.478 e. The molecule has 0 atom stereocenters. The number of rotatable bonds is 4. The monoisotopic (exact) mass is 254 g/mol. The Labute approximate surface area is 111 Å². The molecule has 3 heteroatoms. The van der Waals surface area contributed by atoms with E-state index in [9.17, 15) is 9.59 Å². The van der Waals surface area contributed by atoms with Crippen molar-refractivity contribution in [3.63, 3.8) is 0 Å². The number of carbonyl (C=O) groups is 2. The SMILES string of the molecule is Cc1ccc(CC(=O)c2ccccc2C(=O)O)cc1. The van der Waals surface area contributed by atoms with Crippen molar-refractivity contribution in [3.05, 3.63) is 70.8 Å². The lowest BCUT2D eigenvalue weighted by atomic mass is 9.98. The standard InChI is InChI=1S/C16H14O3/c1-11-6-8-12(9-7-11)10-15(17)13-4-2-3-5-14(13)16(18)19/h2-9H,10H2,1H3,(H,18,19). The summed E-state index contributed by atoms with van der Waals surface area (Å²) in [7, 11) is 0. The van der Waals surface area contributed by atoms with Crippen LogP contribution in [-0.2, 0) is 6.42 Å². The molecule has 0 aliphatic rings. The van der Waals surface area contributed by atoms with Gasteiger partial charge in [-0.3, -0.25) is 4.79 Å². The predicted octanol–water partition coefficient (Wildman–Crippen LogP) is 3.12. The molecule has 0 radical (unpaired) electrons. The Morgan fingerprint density at radius 1 is 0.947 bits per heavy atom. The Morgan fingerprint density at radius 3 is 2.11 bits per heavy atom. The molecule has 0 saturated heterocycles. The van der Waals surface area contributed by atoms with Crippen LogP contribution in [0.2, 0.25) is 0 Å². The molecule has 0 aliphatic heterocycles. The number of carbonyl (C=O) groups excluding carboxylic acids is 1. The summed E-state index contributed by atoms with van der Waals surface area (Å²) >= 11 is 0. The quantitative estimate of drug-likeness (QED) is 0.853. The van der Waals surface area contributed by atoms with Gasteiger partial charge in [0.25, 0.3) is 0 Å². The number of Topliss-reactive ketones (excluding diaryl/α,β-unsaturated/α-hetero) is 1. The molecular weight excluding hydrogens is 240 g/mol. The fourth-order valence-electron chi connectivity index (χ4n) is 1.90. The molecule has 2 rings (SSSR count). The molecule has 2 aromatic carbocycles. The van der Waals surface area contributed by atoms with Crippen LogP contribution in [0.1, 0.15) is 31.8 Å². The lowest BCUT2D eigenvalue weighted by Gasteiger charge is -2.05. The van der Waals surface area contributed by atoms with Gasteiger partial charge < -0.3 is 5.11 Å². The fourth-order valence-corrected chi connectivity index (χ4v) is 1.90. The summed E-state index contributed by atoms with van der Waals surface area (Å²) < 4.78 is 0. The maximum atomic E-state index is 12.2. The van der Waals surface area contributed by atoms with E-state index in [4.69, 9.17) is 5.11 Å². The summed E-state index contributed by atoms with van der Waals surface area (Å²) in [6, 6.07) is 13.9. The molecule has 1 N–H and O–H groups in total. The number of hydrogen-bond acceptors (Lipinski definition) is 2. The van der Waals surface area contributed by atoms with Crippen molar-refractivity contribution in [2.24, 2.45) is 0 Å². The first-order valence-electron chi connectivity index (χ1n) is 5.99. The van der Waals surface area contributed by atoms with Crippen LogP contribution >= 0.6 is 0 Å². The molecule has 0 spiro atoms. The van der Waals surface area contributed by atoms with Crippen LogP contribution < -0.4 is 0 Å². The molecule has 0 bridgehead atoms. The number of hydrogen-bond donors (Lipinski definition) is 1. The molecule has 19 heavy (non-hydrogen) atoms. The second-order valence-corrected chi connectivity index (χ2v) is 4.44. The third-order valence-corrected chi connectivity index (χ3v) is 2.94. The highest BCUT2D eigenvalue weighted by molar-refractivity contribution is 6.06. The molecule has 96 valence electrons. The van der Waals surface area contributed by atoms with Crippen LogP contribution in [0.3, 0.4) is 0 Å². The second kappa shape index (κ2) is 5.48. The number of ketones is 1. The van der Waals surface area contributed by atoms with E-state index in [1.165, 1.54) is 6.07 Å². The average Bonchev–Trinajstić information content (AvgIpc) is 2.41. The lowest BCUT2D eigenvalue weighted by Crippen LogP contribution is -2.10. The van der Waals surface area contributed by atoms with Gasteiger partial charge in [0, 0.05) is 12.0 Å². The molecule has 0 aliphatic carbocycles. The van der Waals surface area contributed by atoms with Gasteiger partial charge in [0.05, 0.1) is 5.56 Å². The smallest absolute Gasteiger partial charge is 0.336 e. The Balaban J connectivity index is 2.25. The predicted molar refractivity (Wildman–Crippen MR) is 72.6 cm³/mol. The maximum Gasteiger partial charge on any atom is 0.336 e. The van der Waals surface area contributed by atoms with Crippen molar-refractivity contribution < 1.29 is 14.7 Å². The minimum absolute atomic E-state index is 0.0552. The van der Waals surface area contributed by atoms with Crippen molar-refractivity contribution in [2.45, 2.75) is 13.3 Å². The summed E-state index contributed by atoms with van der Waals surface area (Å²) in [4.78, 5) is 23.2. The zero-order valence-electron chi connectivity index (χ0n) is 10.6. The lowest BCUT2D eigenvalue weighted by molar-refractivity contribution is 0.0692. The zero-order chi connectivity index (χ0) is 13.8. The highest BCUT2D eigenvalue weighted by Gasteiger charge is 2.15. The Morgan fingerprint density at radius 2 is 1.53 bits per heavy atom. The highest BCUT2D eigenvalue weighted by Crippen LogP contribution is 2.13. The minimum atomic E-state index is -1.08. The van der Waals surface area contributed by atoms with Gasteiger partial charge in [-0.2, -0.15) is 0 Å². The number of benzene rings is 2. The van der Waals surface area contributed by atoms with Crippen LogP contribution in [0.5, 0.6) is 0 Å².